The van der Waals surface area contributed by atoms with Crippen LogP contribution < -0.4 is 5.73 Å². The van der Waals surface area contributed by atoms with Gasteiger partial charge in [0.1, 0.15) is 5.76 Å². The normalized spacial score (nSPS) is 15.7. The number of anilines is 1. The number of aromatic nitrogens is 4. The number of pyridine rings is 2. The van der Waals surface area contributed by atoms with Crippen molar-refractivity contribution < 1.29 is 4.42 Å². The van der Waals surface area contributed by atoms with Crippen LogP contribution in [0.15, 0.2) is 65.7 Å². The highest BCUT2D eigenvalue weighted by molar-refractivity contribution is 6.03. The van der Waals surface area contributed by atoms with E-state index < -0.39 is 0 Å². The summed E-state index contributed by atoms with van der Waals surface area (Å²) in [5.74, 6) is 1.15. The number of nitrogen functional groups attached to an aromatic ring is 1. The van der Waals surface area contributed by atoms with Crippen molar-refractivity contribution in [1.82, 2.24) is 24.6 Å². The Morgan fingerprint density at radius 2 is 1.91 bits per heavy atom. The van der Waals surface area contributed by atoms with Gasteiger partial charge in [0.2, 0.25) is 0 Å². The SMILES string of the molecule is CN1CCC(n2cc(-c3cnc(N)c4oc(-c5cccc6cnccc56)cc34)cn2)CC1. The molecule has 6 rings (SSSR count). The Hall–Kier alpha value is -3.71. The number of nitrogens with two attached hydrogens (primary N) is 1. The number of likely N-dealkylation sites (tertiary alicyclic amines) is 1. The Morgan fingerprint density at radius 1 is 1.03 bits per heavy atom. The molecule has 4 aromatic heterocycles. The van der Waals surface area contributed by atoms with E-state index in [2.05, 4.69) is 50.0 Å². The summed E-state index contributed by atoms with van der Waals surface area (Å²) in [6.07, 6.45) is 11.7. The molecule has 0 saturated carbocycles. The second-order valence-corrected chi connectivity index (χ2v) is 8.56. The van der Waals surface area contributed by atoms with E-state index in [1.165, 1.54) is 0 Å². The third kappa shape index (κ3) is 3.13. The zero-order chi connectivity index (χ0) is 21.7. The van der Waals surface area contributed by atoms with Gasteiger partial charge in [-0.25, -0.2) is 4.98 Å². The molecule has 0 spiro atoms. The van der Waals surface area contributed by atoms with E-state index in [-0.39, 0.29) is 0 Å². The van der Waals surface area contributed by atoms with E-state index in [0.717, 1.165) is 64.5 Å². The fourth-order valence-electron chi connectivity index (χ4n) is 4.68. The molecule has 1 aromatic carbocycles. The lowest BCUT2D eigenvalue weighted by Gasteiger charge is -2.28. The Kier molecular flexibility index (Phi) is 4.43. The Balaban J connectivity index is 1.44. The van der Waals surface area contributed by atoms with Crippen molar-refractivity contribution in [2.45, 2.75) is 18.9 Å². The summed E-state index contributed by atoms with van der Waals surface area (Å²) in [6, 6.07) is 10.6. The van der Waals surface area contributed by atoms with Crippen LogP contribution in [0.2, 0.25) is 0 Å². The highest BCUT2D eigenvalue weighted by atomic mass is 16.3. The van der Waals surface area contributed by atoms with Gasteiger partial charge in [-0.1, -0.05) is 18.2 Å². The van der Waals surface area contributed by atoms with Crippen LogP contribution in [0.3, 0.4) is 0 Å². The lowest BCUT2D eigenvalue weighted by molar-refractivity contribution is 0.212. The molecule has 0 atom stereocenters. The van der Waals surface area contributed by atoms with Crippen LogP contribution in [0.25, 0.3) is 44.2 Å². The first-order valence-corrected chi connectivity index (χ1v) is 10.9. The molecule has 0 radical (unpaired) electrons. The van der Waals surface area contributed by atoms with E-state index in [1.54, 1.807) is 6.20 Å². The minimum atomic E-state index is 0.389. The summed E-state index contributed by atoms with van der Waals surface area (Å²) >= 11 is 0. The van der Waals surface area contributed by atoms with Gasteiger partial charge in [0, 0.05) is 52.3 Å². The van der Waals surface area contributed by atoms with Crippen molar-refractivity contribution in [3.63, 3.8) is 0 Å². The number of nitrogens with zero attached hydrogens (tertiary/aromatic N) is 5. The first kappa shape index (κ1) is 19.0. The molecule has 0 bridgehead atoms. The number of piperidine rings is 1. The molecule has 7 nitrogen and oxygen atoms in total. The van der Waals surface area contributed by atoms with E-state index >= 15 is 0 Å². The third-order valence-corrected chi connectivity index (χ3v) is 6.51. The Bertz CT molecular complexity index is 1420. The molecule has 0 aliphatic carbocycles. The molecule has 0 amide bonds. The van der Waals surface area contributed by atoms with Crippen LogP contribution in [0.4, 0.5) is 5.82 Å². The number of furan rings is 1. The van der Waals surface area contributed by atoms with Crippen molar-refractivity contribution in [2.24, 2.45) is 0 Å². The van der Waals surface area contributed by atoms with E-state index in [1.807, 2.05) is 36.8 Å². The van der Waals surface area contributed by atoms with Crippen LogP contribution in [0.1, 0.15) is 18.9 Å². The van der Waals surface area contributed by atoms with Crippen molar-refractivity contribution in [2.75, 3.05) is 25.9 Å². The number of rotatable bonds is 3. The number of hydrogen-bond donors (Lipinski definition) is 1. The first-order chi connectivity index (χ1) is 15.7. The maximum absolute atomic E-state index is 6.25. The van der Waals surface area contributed by atoms with Gasteiger partial charge in [0.15, 0.2) is 11.4 Å². The van der Waals surface area contributed by atoms with E-state index in [0.29, 0.717) is 17.4 Å². The zero-order valence-electron chi connectivity index (χ0n) is 17.9. The average Bonchev–Trinajstić information content (AvgIpc) is 3.48. The summed E-state index contributed by atoms with van der Waals surface area (Å²) < 4.78 is 8.35. The molecule has 5 heterocycles. The van der Waals surface area contributed by atoms with Crippen molar-refractivity contribution in [3.8, 4) is 22.5 Å². The summed E-state index contributed by atoms with van der Waals surface area (Å²) in [5, 5.41) is 7.78. The number of fused-ring (bicyclic) bond motifs is 2. The minimum Gasteiger partial charge on any atom is -0.452 e. The topological polar surface area (TPSA) is 86.0 Å². The molecule has 0 unspecified atom stereocenters. The molecule has 32 heavy (non-hydrogen) atoms. The maximum Gasteiger partial charge on any atom is 0.177 e. The second-order valence-electron chi connectivity index (χ2n) is 8.56. The van der Waals surface area contributed by atoms with Gasteiger partial charge in [0.05, 0.1) is 12.2 Å². The van der Waals surface area contributed by atoms with E-state index in [9.17, 15) is 0 Å². The monoisotopic (exact) mass is 424 g/mol. The number of benzene rings is 1. The second kappa shape index (κ2) is 7.46. The minimum absolute atomic E-state index is 0.389. The largest absolute Gasteiger partial charge is 0.452 e. The van der Waals surface area contributed by atoms with Crippen molar-refractivity contribution in [3.05, 3.63) is 61.3 Å². The highest BCUT2D eigenvalue weighted by Crippen LogP contribution is 2.38. The molecule has 1 aliphatic heterocycles. The molecule has 7 heteroatoms. The van der Waals surface area contributed by atoms with Crippen LogP contribution in [0, 0.1) is 0 Å². The molecule has 1 aliphatic rings. The molecular formula is C25H24N6O. The fourth-order valence-corrected chi connectivity index (χ4v) is 4.68. The molecular weight excluding hydrogens is 400 g/mol. The standard InChI is InChI=1S/C25H24N6O/c1-30-9-6-18(7-10-30)31-15-17(13-29-31)22-14-28-25(26)24-21(22)11-23(32-24)20-4-2-3-16-12-27-8-5-19(16)20/h2-5,8,11-15,18H,6-7,9-10H2,1H3,(H2,26,28). The number of hydrogen-bond acceptors (Lipinski definition) is 6. The van der Waals surface area contributed by atoms with Crippen molar-refractivity contribution >= 4 is 27.6 Å². The lowest BCUT2D eigenvalue weighted by atomic mass is 10.0. The third-order valence-electron chi connectivity index (χ3n) is 6.51. The average molecular weight is 425 g/mol. The van der Waals surface area contributed by atoms with Crippen LogP contribution in [-0.2, 0) is 0 Å². The smallest absolute Gasteiger partial charge is 0.177 e. The summed E-state index contributed by atoms with van der Waals surface area (Å²) in [4.78, 5) is 11.0. The lowest BCUT2D eigenvalue weighted by Crippen LogP contribution is -2.31. The molecule has 160 valence electrons. The van der Waals surface area contributed by atoms with Gasteiger partial charge in [0.25, 0.3) is 0 Å². The van der Waals surface area contributed by atoms with Crippen LogP contribution >= 0.6 is 0 Å². The molecule has 1 saturated heterocycles. The summed E-state index contributed by atoms with van der Waals surface area (Å²) in [7, 11) is 2.17. The summed E-state index contributed by atoms with van der Waals surface area (Å²) in [5.41, 5.74) is 9.82. The quantitative estimate of drug-likeness (QED) is 0.450. The Morgan fingerprint density at radius 3 is 2.78 bits per heavy atom. The predicted molar refractivity (Wildman–Crippen MR) is 126 cm³/mol. The van der Waals surface area contributed by atoms with Crippen LogP contribution in [0.5, 0.6) is 0 Å². The fraction of sp³-hybridized carbons (Fsp3) is 0.240. The summed E-state index contributed by atoms with van der Waals surface area (Å²) in [6.45, 7) is 2.19. The van der Waals surface area contributed by atoms with Crippen LogP contribution in [-0.4, -0.2) is 44.8 Å². The van der Waals surface area contributed by atoms with Gasteiger partial charge in [-0.2, -0.15) is 5.10 Å². The van der Waals surface area contributed by atoms with Gasteiger partial charge >= 0.3 is 0 Å². The van der Waals surface area contributed by atoms with E-state index in [4.69, 9.17) is 10.2 Å². The Labute approximate surface area is 185 Å². The molecule has 1 fully saturated rings. The molecule has 5 aromatic rings. The van der Waals surface area contributed by atoms with Gasteiger partial charge in [-0.3, -0.25) is 9.67 Å². The predicted octanol–water partition coefficient (Wildman–Crippen LogP) is 4.76. The highest BCUT2D eigenvalue weighted by Gasteiger charge is 2.21. The van der Waals surface area contributed by atoms with Gasteiger partial charge in [-0.15, -0.1) is 0 Å². The zero-order valence-corrected chi connectivity index (χ0v) is 17.9. The van der Waals surface area contributed by atoms with Gasteiger partial charge in [-0.05, 0) is 50.5 Å². The van der Waals surface area contributed by atoms with Crippen molar-refractivity contribution in [1.29, 1.82) is 0 Å². The maximum atomic E-state index is 6.25. The first-order valence-electron chi connectivity index (χ1n) is 10.9. The van der Waals surface area contributed by atoms with Gasteiger partial charge < -0.3 is 15.1 Å². The molecule has 2 N–H and O–H groups in total.